The average Bonchev–Trinajstić information content (AvgIpc) is 2.45. The van der Waals surface area contributed by atoms with E-state index in [-0.39, 0.29) is 12.0 Å². The van der Waals surface area contributed by atoms with Gasteiger partial charge >= 0.3 is 5.97 Å². The number of rotatable bonds is 8. The highest BCUT2D eigenvalue weighted by Crippen LogP contribution is 2.35. The van der Waals surface area contributed by atoms with E-state index in [9.17, 15) is 4.79 Å². The molecule has 0 aromatic heterocycles. The Balaban J connectivity index is 2.45. The molecule has 0 heterocycles. The maximum atomic E-state index is 11.7. The number of esters is 1. The van der Waals surface area contributed by atoms with Crippen molar-refractivity contribution in [1.82, 2.24) is 5.32 Å². The Bertz CT molecular complexity index is 306. The Morgan fingerprint density at radius 1 is 1.33 bits per heavy atom. The van der Waals surface area contributed by atoms with Crippen LogP contribution in [0.2, 0.25) is 0 Å². The summed E-state index contributed by atoms with van der Waals surface area (Å²) in [5, 5.41) is 3.16. The molecule has 0 amide bonds. The van der Waals surface area contributed by atoms with Crippen LogP contribution in [0.4, 0.5) is 0 Å². The highest BCUT2D eigenvalue weighted by atomic mass is 16.5. The molecule has 4 atom stereocenters. The largest absolute Gasteiger partial charge is 0.468 e. The lowest BCUT2D eigenvalue weighted by molar-refractivity contribution is -0.144. The molecule has 4 nitrogen and oxygen atoms in total. The first-order valence-corrected chi connectivity index (χ1v) is 8.42. The van der Waals surface area contributed by atoms with Crippen LogP contribution >= 0.6 is 0 Å². The predicted molar refractivity (Wildman–Crippen MR) is 85.2 cm³/mol. The molecule has 1 aliphatic carbocycles. The van der Waals surface area contributed by atoms with Crippen LogP contribution in [0.15, 0.2) is 0 Å². The SMILES string of the molecule is CCNC(CCOC1CC(C)CCC1C(C)C)C(=O)OC. The Kier molecular flexibility index (Phi) is 8.27. The number of ether oxygens (including phenoxy) is 2. The zero-order valence-corrected chi connectivity index (χ0v) is 14.4. The topological polar surface area (TPSA) is 47.6 Å². The fourth-order valence-electron chi connectivity index (χ4n) is 3.34. The second-order valence-electron chi connectivity index (χ2n) is 6.66. The van der Waals surface area contributed by atoms with Crippen LogP contribution in [-0.4, -0.2) is 38.4 Å². The molecule has 0 radical (unpaired) electrons. The summed E-state index contributed by atoms with van der Waals surface area (Å²) in [5.41, 5.74) is 0. The predicted octanol–water partition coefficient (Wildman–Crippen LogP) is 3.01. The molecule has 4 heteroatoms. The van der Waals surface area contributed by atoms with E-state index in [1.165, 1.54) is 20.0 Å². The quantitative estimate of drug-likeness (QED) is 0.700. The zero-order chi connectivity index (χ0) is 15.8. The van der Waals surface area contributed by atoms with Crippen molar-refractivity contribution < 1.29 is 14.3 Å². The summed E-state index contributed by atoms with van der Waals surface area (Å²) in [7, 11) is 1.44. The number of nitrogens with one attached hydrogen (secondary N) is 1. The summed E-state index contributed by atoms with van der Waals surface area (Å²) in [6, 6.07) is -0.251. The number of carbonyl (C=O) groups is 1. The molecule has 0 saturated heterocycles. The van der Waals surface area contributed by atoms with Crippen molar-refractivity contribution in [3.63, 3.8) is 0 Å². The van der Waals surface area contributed by atoms with Crippen LogP contribution in [-0.2, 0) is 14.3 Å². The van der Waals surface area contributed by atoms with Gasteiger partial charge in [-0.15, -0.1) is 0 Å². The third kappa shape index (κ3) is 5.95. The second-order valence-corrected chi connectivity index (χ2v) is 6.66. The van der Waals surface area contributed by atoms with Crippen LogP contribution in [0, 0.1) is 17.8 Å². The summed E-state index contributed by atoms with van der Waals surface area (Å²) >= 11 is 0. The van der Waals surface area contributed by atoms with Gasteiger partial charge in [0, 0.05) is 6.61 Å². The molecule has 0 aromatic carbocycles. The van der Waals surface area contributed by atoms with Crippen molar-refractivity contribution in [2.75, 3.05) is 20.3 Å². The van der Waals surface area contributed by atoms with Crippen LogP contribution in [0.3, 0.4) is 0 Å². The zero-order valence-electron chi connectivity index (χ0n) is 14.4. The number of hydrogen-bond acceptors (Lipinski definition) is 4. The van der Waals surface area contributed by atoms with Crippen molar-refractivity contribution in [1.29, 1.82) is 0 Å². The number of carbonyl (C=O) groups excluding carboxylic acids is 1. The Hall–Kier alpha value is -0.610. The van der Waals surface area contributed by atoms with Gasteiger partial charge < -0.3 is 14.8 Å². The molecular weight excluding hydrogens is 266 g/mol. The van der Waals surface area contributed by atoms with Crippen LogP contribution in [0.5, 0.6) is 0 Å². The summed E-state index contributed by atoms with van der Waals surface area (Å²) in [6.07, 6.45) is 4.74. The summed E-state index contributed by atoms with van der Waals surface area (Å²) in [6.45, 7) is 10.2. The van der Waals surface area contributed by atoms with Crippen LogP contribution in [0.25, 0.3) is 0 Å². The Morgan fingerprint density at radius 2 is 2.05 bits per heavy atom. The lowest BCUT2D eigenvalue weighted by Gasteiger charge is -2.37. The minimum Gasteiger partial charge on any atom is -0.468 e. The monoisotopic (exact) mass is 299 g/mol. The minimum atomic E-state index is -0.251. The van der Waals surface area contributed by atoms with E-state index in [1.54, 1.807) is 0 Å². The van der Waals surface area contributed by atoms with E-state index in [0.717, 1.165) is 18.9 Å². The first kappa shape index (κ1) is 18.4. The number of likely N-dealkylation sites (N-methyl/N-ethyl adjacent to an activating group) is 1. The van der Waals surface area contributed by atoms with Gasteiger partial charge in [0.1, 0.15) is 6.04 Å². The van der Waals surface area contributed by atoms with Gasteiger partial charge in [-0.2, -0.15) is 0 Å². The molecule has 0 aromatic rings. The van der Waals surface area contributed by atoms with Crippen molar-refractivity contribution in [2.45, 2.75) is 65.5 Å². The Labute approximate surface area is 130 Å². The second kappa shape index (κ2) is 9.42. The lowest BCUT2D eigenvalue weighted by Crippen LogP contribution is -2.40. The molecule has 21 heavy (non-hydrogen) atoms. The van der Waals surface area contributed by atoms with E-state index in [4.69, 9.17) is 9.47 Å². The third-order valence-corrected chi connectivity index (χ3v) is 4.64. The molecule has 0 aliphatic heterocycles. The van der Waals surface area contributed by atoms with Crippen molar-refractivity contribution in [3.8, 4) is 0 Å². The van der Waals surface area contributed by atoms with Crippen LogP contribution in [0.1, 0.15) is 53.4 Å². The van der Waals surface area contributed by atoms with Gasteiger partial charge in [-0.3, -0.25) is 4.79 Å². The van der Waals surface area contributed by atoms with Gasteiger partial charge in [-0.1, -0.05) is 34.1 Å². The molecule has 4 unspecified atom stereocenters. The first-order chi connectivity index (χ1) is 9.99. The lowest BCUT2D eigenvalue weighted by atomic mass is 9.75. The van der Waals surface area contributed by atoms with E-state index in [1.807, 2.05) is 6.92 Å². The van der Waals surface area contributed by atoms with Crippen molar-refractivity contribution in [3.05, 3.63) is 0 Å². The smallest absolute Gasteiger partial charge is 0.322 e. The van der Waals surface area contributed by atoms with Gasteiger partial charge in [-0.05, 0) is 43.6 Å². The molecule has 1 rings (SSSR count). The van der Waals surface area contributed by atoms with Gasteiger partial charge in [0.25, 0.3) is 0 Å². The van der Waals surface area contributed by atoms with Crippen molar-refractivity contribution >= 4 is 5.97 Å². The fourth-order valence-corrected chi connectivity index (χ4v) is 3.34. The molecule has 0 spiro atoms. The van der Waals surface area contributed by atoms with E-state index in [2.05, 4.69) is 26.1 Å². The molecule has 1 fully saturated rings. The summed E-state index contributed by atoms with van der Waals surface area (Å²) < 4.78 is 11.0. The highest BCUT2D eigenvalue weighted by Gasteiger charge is 2.31. The molecule has 1 saturated carbocycles. The standard InChI is InChI=1S/C17H33NO3/c1-6-18-15(17(19)20-5)9-10-21-16-11-13(4)7-8-14(16)12(2)3/h12-16,18H,6-11H2,1-5H3. The number of hydrogen-bond donors (Lipinski definition) is 1. The Morgan fingerprint density at radius 3 is 2.62 bits per heavy atom. The maximum Gasteiger partial charge on any atom is 0.322 e. The molecule has 124 valence electrons. The maximum absolute atomic E-state index is 11.7. The average molecular weight is 299 g/mol. The number of methoxy groups -OCH3 is 1. The fraction of sp³-hybridized carbons (Fsp3) is 0.941. The van der Waals surface area contributed by atoms with Gasteiger partial charge in [0.2, 0.25) is 0 Å². The molecule has 0 bridgehead atoms. The van der Waals surface area contributed by atoms with Gasteiger partial charge in [0.05, 0.1) is 13.2 Å². The molecule has 1 aliphatic rings. The summed E-state index contributed by atoms with van der Waals surface area (Å²) in [4.78, 5) is 11.7. The highest BCUT2D eigenvalue weighted by molar-refractivity contribution is 5.75. The van der Waals surface area contributed by atoms with E-state index >= 15 is 0 Å². The normalized spacial score (nSPS) is 27.6. The van der Waals surface area contributed by atoms with E-state index in [0.29, 0.717) is 31.0 Å². The first-order valence-electron chi connectivity index (χ1n) is 8.42. The van der Waals surface area contributed by atoms with Crippen LogP contribution < -0.4 is 5.32 Å². The minimum absolute atomic E-state index is 0.196. The van der Waals surface area contributed by atoms with Gasteiger partial charge in [0.15, 0.2) is 0 Å². The summed E-state index contributed by atoms with van der Waals surface area (Å²) in [5.74, 6) is 1.86. The van der Waals surface area contributed by atoms with E-state index < -0.39 is 0 Å². The molecular formula is C17H33NO3. The van der Waals surface area contributed by atoms with Crippen molar-refractivity contribution in [2.24, 2.45) is 17.8 Å². The molecule has 1 N–H and O–H groups in total. The third-order valence-electron chi connectivity index (χ3n) is 4.64. The van der Waals surface area contributed by atoms with Gasteiger partial charge in [-0.25, -0.2) is 0 Å².